The van der Waals surface area contributed by atoms with E-state index in [0.717, 1.165) is 5.56 Å². The second kappa shape index (κ2) is 8.89. The zero-order valence-electron chi connectivity index (χ0n) is 15.6. The summed E-state index contributed by atoms with van der Waals surface area (Å²) in [6.07, 6.45) is 0.552. The minimum atomic E-state index is -0.148. The standard InChI is InChI=1S/C21H21ClN2O4/c1-23(12-13-28-18-8-6-17(22)7-9-18)21(27)16-4-2-15(3-5-16)14-24-19(25)10-11-20(24)26/h2-9H,10-14H2,1H3. The van der Waals surface area contributed by atoms with Crippen LogP contribution in [-0.4, -0.2) is 47.7 Å². The summed E-state index contributed by atoms with van der Waals surface area (Å²) >= 11 is 5.83. The molecule has 0 N–H and O–H groups in total. The summed E-state index contributed by atoms with van der Waals surface area (Å²) in [5, 5.41) is 0.640. The first-order valence-corrected chi connectivity index (χ1v) is 9.38. The first-order chi connectivity index (χ1) is 13.4. The summed E-state index contributed by atoms with van der Waals surface area (Å²) in [5.41, 5.74) is 1.35. The van der Waals surface area contributed by atoms with Crippen molar-refractivity contribution in [2.45, 2.75) is 19.4 Å². The van der Waals surface area contributed by atoms with Gasteiger partial charge in [0.2, 0.25) is 11.8 Å². The maximum absolute atomic E-state index is 12.5. The molecule has 7 heteroatoms. The van der Waals surface area contributed by atoms with Crippen molar-refractivity contribution >= 4 is 29.3 Å². The highest BCUT2D eigenvalue weighted by Gasteiger charge is 2.28. The van der Waals surface area contributed by atoms with Gasteiger partial charge in [-0.05, 0) is 42.0 Å². The Morgan fingerprint density at radius 1 is 1.04 bits per heavy atom. The average Bonchev–Trinajstić information content (AvgIpc) is 3.01. The Hall–Kier alpha value is -2.86. The van der Waals surface area contributed by atoms with Gasteiger partial charge in [-0.2, -0.15) is 0 Å². The fourth-order valence-electron chi connectivity index (χ4n) is 2.89. The number of rotatable bonds is 7. The Kier molecular flexibility index (Phi) is 6.31. The maximum Gasteiger partial charge on any atom is 0.253 e. The molecule has 0 saturated carbocycles. The van der Waals surface area contributed by atoms with Crippen molar-refractivity contribution in [1.29, 1.82) is 0 Å². The number of likely N-dealkylation sites (N-methyl/N-ethyl adjacent to an activating group) is 1. The molecule has 146 valence electrons. The number of likely N-dealkylation sites (tertiary alicyclic amines) is 1. The van der Waals surface area contributed by atoms with Crippen LogP contribution in [0.2, 0.25) is 5.02 Å². The van der Waals surface area contributed by atoms with Crippen molar-refractivity contribution in [3.63, 3.8) is 0 Å². The average molecular weight is 401 g/mol. The Bertz CT molecular complexity index is 849. The fraction of sp³-hybridized carbons (Fsp3) is 0.286. The first-order valence-electron chi connectivity index (χ1n) is 9.00. The van der Waals surface area contributed by atoms with Gasteiger partial charge in [0.05, 0.1) is 13.1 Å². The molecule has 3 rings (SSSR count). The Balaban J connectivity index is 1.51. The Morgan fingerprint density at radius 3 is 2.25 bits per heavy atom. The number of nitrogens with zero attached hydrogens (tertiary/aromatic N) is 2. The van der Waals surface area contributed by atoms with Gasteiger partial charge in [-0.25, -0.2) is 0 Å². The highest BCUT2D eigenvalue weighted by atomic mass is 35.5. The van der Waals surface area contributed by atoms with Crippen LogP contribution in [-0.2, 0) is 16.1 Å². The predicted octanol–water partition coefficient (Wildman–Crippen LogP) is 3.14. The number of hydrogen-bond donors (Lipinski definition) is 0. The van der Waals surface area contributed by atoms with Crippen LogP contribution in [0, 0.1) is 0 Å². The van der Waals surface area contributed by atoms with E-state index in [4.69, 9.17) is 16.3 Å². The third-order valence-electron chi connectivity index (χ3n) is 4.55. The molecule has 28 heavy (non-hydrogen) atoms. The quantitative estimate of drug-likeness (QED) is 0.670. The van der Waals surface area contributed by atoms with Gasteiger partial charge in [-0.15, -0.1) is 0 Å². The van der Waals surface area contributed by atoms with Crippen LogP contribution in [0.1, 0.15) is 28.8 Å². The molecular weight excluding hydrogens is 380 g/mol. The highest BCUT2D eigenvalue weighted by Crippen LogP contribution is 2.17. The summed E-state index contributed by atoms with van der Waals surface area (Å²) in [6.45, 7) is 1.04. The number of hydrogen-bond acceptors (Lipinski definition) is 4. The molecule has 1 fully saturated rings. The lowest BCUT2D eigenvalue weighted by molar-refractivity contribution is -0.139. The second-order valence-corrected chi connectivity index (χ2v) is 7.04. The van der Waals surface area contributed by atoms with Crippen molar-refractivity contribution in [1.82, 2.24) is 9.80 Å². The molecule has 0 spiro atoms. The van der Waals surface area contributed by atoms with Crippen LogP contribution < -0.4 is 4.74 Å². The van der Waals surface area contributed by atoms with Crippen molar-refractivity contribution in [3.8, 4) is 5.75 Å². The molecule has 0 aliphatic carbocycles. The zero-order valence-corrected chi connectivity index (χ0v) is 16.3. The van der Waals surface area contributed by atoms with Crippen molar-refractivity contribution in [2.24, 2.45) is 0 Å². The summed E-state index contributed by atoms with van der Waals surface area (Å²) in [4.78, 5) is 38.8. The molecule has 6 nitrogen and oxygen atoms in total. The molecule has 1 heterocycles. The Morgan fingerprint density at radius 2 is 1.64 bits per heavy atom. The molecular formula is C21H21ClN2O4. The van der Waals surface area contributed by atoms with Crippen LogP contribution >= 0.6 is 11.6 Å². The number of ether oxygens (including phenoxy) is 1. The van der Waals surface area contributed by atoms with E-state index in [2.05, 4.69) is 0 Å². The second-order valence-electron chi connectivity index (χ2n) is 6.60. The zero-order chi connectivity index (χ0) is 20.1. The molecule has 0 aromatic heterocycles. The highest BCUT2D eigenvalue weighted by molar-refractivity contribution is 6.30. The smallest absolute Gasteiger partial charge is 0.253 e. The van der Waals surface area contributed by atoms with Crippen molar-refractivity contribution in [3.05, 3.63) is 64.7 Å². The molecule has 2 aromatic carbocycles. The van der Waals surface area contributed by atoms with Crippen molar-refractivity contribution < 1.29 is 19.1 Å². The number of carbonyl (C=O) groups excluding carboxylic acids is 3. The lowest BCUT2D eigenvalue weighted by atomic mass is 10.1. The number of carbonyl (C=O) groups is 3. The molecule has 3 amide bonds. The number of benzene rings is 2. The molecule has 2 aromatic rings. The van der Waals surface area contributed by atoms with Crippen LogP contribution in [0.25, 0.3) is 0 Å². The third-order valence-corrected chi connectivity index (χ3v) is 4.80. The normalized spacial score (nSPS) is 13.7. The number of amides is 3. The third kappa shape index (κ3) is 4.89. The molecule has 0 atom stereocenters. The molecule has 0 radical (unpaired) electrons. The molecule has 0 bridgehead atoms. The van der Waals surface area contributed by atoms with E-state index in [1.165, 1.54) is 4.90 Å². The van der Waals surface area contributed by atoms with Gasteiger partial charge in [-0.3, -0.25) is 19.3 Å². The monoisotopic (exact) mass is 400 g/mol. The van der Waals surface area contributed by atoms with Crippen LogP contribution in [0.15, 0.2) is 48.5 Å². The molecule has 1 saturated heterocycles. The summed E-state index contributed by atoms with van der Waals surface area (Å²) in [6, 6.07) is 14.0. The minimum Gasteiger partial charge on any atom is -0.492 e. The van der Waals surface area contributed by atoms with Crippen LogP contribution in [0.3, 0.4) is 0 Å². The first kappa shape index (κ1) is 19.9. The van der Waals surface area contributed by atoms with Crippen molar-refractivity contribution in [2.75, 3.05) is 20.2 Å². The van der Waals surface area contributed by atoms with Gasteiger partial charge in [0.25, 0.3) is 5.91 Å². The lowest BCUT2D eigenvalue weighted by Gasteiger charge is -2.18. The summed E-state index contributed by atoms with van der Waals surface area (Å²) in [7, 11) is 1.71. The van der Waals surface area contributed by atoms with E-state index in [1.807, 2.05) is 0 Å². The SMILES string of the molecule is CN(CCOc1ccc(Cl)cc1)C(=O)c1ccc(CN2C(=O)CCC2=O)cc1. The van der Waals surface area contributed by atoms with E-state index in [9.17, 15) is 14.4 Å². The van der Waals surface area contributed by atoms with Crippen LogP contribution in [0.5, 0.6) is 5.75 Å². The van der Waals surface area contributed by atoms with E-state index >= 15 is 0 Å². The maximum atomic E-state index is 12.5. The predicted molar refractivity (Wildman–Crippen MR) is 105 cm³/mol. The number of imide groups is 1. The van der Waals surface area contributed by atoms with Gasteiger partial charge >= 0.3 is 0 Å². The molecule has 1 aliphatic heterocycles. The van der Waals surface area contributed by atoms with E-state index < -0.39 is 0 Å². The van der Waals surface area contributed by atoms with Gasteiger partial charge < -0.3 is 9.64 Å². The fourth-order valence-corrected chi connectivity index (χ4v) is 3.01. The van der Waals surface area contributed by atoms with E-state index in [0.29, 0.717) is 29.5 Å². The summed E-state index contributed by atoms with van der Waals surface area (Å²) < 4.78 is 5.61. The number of halogens is 1. The van der Waals surface area contributed by atoms with Crippen LogP contribution in [0.4, 0.5) is 0 Å². The van der Waals surface area contributed by atoms with Gasteiger partial charge in [0, 0.05) is 30.5 Å². The lowest BCUT2D eigenvalue weighted by Crippen LogP contribution is -2.31. The molecule has 0 unspecified atom stereocenters. The van der Waals surface area contributed by atoms with Gasteiger partial charge in [0.15, 0.2) is 0 Å². The van der Waals surface area contributed by atoms with Gasteiger partial charge in [-0.1, -0.05) is 23.7 Å². The topological polar surface area (TPSA) is 66.9 Å². The largest absolute Gasteiger partial charge is 0.492 e. The van der Waals surface area contributed by atoms with E-state index in [-0.39, 0.29) is 37.1 Å². The van der Waals surface area contributed by atoms with E-state index in [1.54, 1.807) is 60.5 Å². The minimum absolute atomic E-state index is 0.125. The summed E-state index contributed by atoms with van der Waals surface area (Å²) in [5.74, 6) is 0.274. The molecule has 1 aliphatic rings. The Labute approximate surface area is 168 Å². The van der Waals surface area contributed by atoms with Gasteiger partial charge in [0.1, 0.15) is 12.4 Å².